The Hall–Kier alpha value is -2.83. The summed E-state index contributed by atoms with van der Waals surface area (Å²) in [6.07, 6.45) is 5.81. The van der Waals surface area contributed by atoms with E-state index < -0.39 is 5.97 Å². The minimum atomic E-state index is -0.953. The number of hydrogen-bond donors (Lipinski definition) is 1. The molecule has 1 unspecified atom stereocenters. The molecule has 2 fully saturated rings. The summed E-state index contributed by atoms with van der Waals surface area (Å²) in [5.74, 6) is 0.675. The van der Waals surface area contributed by atoms with Crippen molar-refractivity contribution in [1.29, 1.82) is 0 Å². The van der Waals surface area contributed by atoms with Crippen molar-refractivity contribution in [3.05, 3.63) is 65.9 Å². The second-order valence-corrected chi connectivity index (χ2v) is 9.25. The molecule has 6 nitrogen and oxygen atoms in total. The van der Waals surface area contributed by atoms with E-state index in [4.69, 9.17) is 9.47 Å². The van der Waals surface area contributed by atoms with E-state index in [0.717, 1.165) is 58.7 Å². The number of carboxylic acids is 1. The molecule has 1 N–H and O–H groups in total. The third-order valence-electron chi connectivity index (χ3n) is 7.11. The Balaban J connectivity index is 1.19. The summed E-state index contributed by atoms with van der Waals surface area (Å²) in [4.78, 5) is 13.8. The van der Waals surface area contributed by atoms with Gasteiger partial charge >= 0.3 is 5.97 Å². The molecule has 0 radical (unpaired) electrons. The first kappa shape index (κ1) is 22.0. The Bertz CT molecular complexity index is 1090. The van der Waals surface area contributed by atoms with Crippen LogP contribution in [0.5, 0.6) is 5.75 Å². The molecule has 2 aliphatic rings. The smallest absolute Gasteiger partial charge is 0.339 e. The van der Waals surface area contributed by atoms with Crippen LogP contribution in [0.2, 0.25) is 0 Å². The van der Waals surface area contributed by atoms with Gasteiger partial charge < -0.3 is 19.1 Å². The molecule has 0 aliphatic carbocycles. The number of aromatic nitrogens is 1. The van der Waals surface area contributed by atoms with Crippen molar-refractivity contribution >= 4 is 16.9 Å². The van der Waals surface area contributed by atoms with Crippen molar-refractivity contribution < 1.29 is 19.4 Å². The number of para-hydroxylation sites is 2. The Morgan fingerprint density at radius 2 is 1.85 bits per heavy atom. The molecule has 0 saturated carbocycles. The van der Waals surface area contributed by atoms with Gasteiger partial charge in [-0.25, -0.2) is 4.79 Å². The lowest BCUT2D eigenvalue weighted by Crippen LogP contribution is -2.35. The molecule has 3 aromatic rings. The molecule has 3 heterocycles. The Kier molecular flexibility index (Phi) is 6.65. The van der Waals surface area contributed by atoms with Crippen LogP contribution in [0.4, 0.5) is 0 Å². The van der Waals surface area contributed by atoms with E-state index >= 15 is 0 Å². The zero-order valence-corrected chi connectivity index (χ0v) is 19.0. The van der Waals surface area contributed by atoms with Gasteiger partial charge in [-0.1, -0.05) is 30.3 Å². The highest BCUT2D eigenvalue weighted by atomic mass is 16.5. The summed E-state index contributed by atoms with van der Waals surface area (Å²) in [5.41, 5.74) is 3.04. The minimum absolute atomic E-state index is 0.219. The maximum absolute atomic E-state index is 11.4. The highest BCUT2D eigenvalue weighted by Gasteiger charge is 2.25. The standard InChI is InChI=1S/C27H32N2O4/c30-27(31)23-6-2-4-8-26(23)33-16-14-28-12-9-21(10-13-28)24-18-29(17-20-11-15-32-19-20)25-7-3-1-5-22(24)25/h1-8,18,20-21H,9-17,19H2,(H,30,31). The molecule has 33 heavy (non-hydrogen) atoms. The van der Waals surface area contributed by atoms with Gasteiger partial charge in [-0.2, -0.15) is 0 Å². The van der Waals surface area contributed by atoms with Crippen LogP contribution in [0.3, 0.4) is 0 Å². The number of benzene rings is 2. The van der Waals surface area contributed by atoms with Crippen LogP contribution in [0.1, 0.15) is 41.1 Å². The monoisotopic (exact) mass is 448 g/mol. The van der Waals surface area contributed by atoms with Crippen molar-refractivity contribution in [1.82, 2.24) is 9.47 Å². The van der Waals surface area contributed by atoms with Gasteiger partial charge in [0.15, 0.2) is 0 Å². The number of likely N-dealkylation sites (tertiary alicyclic amines) is 1. The van der Waals surface area contributed by atoms with Crippen molar-refractivity contribution in [2.45, 2.75) is 31.7 Å². The molecule has 174 valence electrons. The van der Waals surface area contributed by atoms with Crippen LogP contribution in [-0.2, 0) is 11.3 Å². The first-order valence-corrected chi connectivity index (χ1v) is 12.0. The Morgan fingerprint density at radius 3 is 2.64 bits per heavy atom. The molecule has 2 saturated heterocycles. The second kappa shape index (κ2) is 9.98. The highest BCUT2D eigenvalue weighted by molar-refractivity contribution is 5.90. The number of fused-ring (bicyclic) bond motifs is 1. The lowest BCUT2D eigenvalue weighted by Gasteiger charge is -2.31. The molecule has 0 bridgehead atoms. The van der Waals surface area contributed by atoms with Crippen LogP contribution in [-0.4, -0.2) is 60.0 Å². The number of rotatable bonds is 8. The zero-order valence-electron chi connectivity index (χ0n) is 19.0. The molecule has 5 rings (SSSR count). The number of aromatic carboxylic acids is 1. The summed E-state index contributed by atoms with van der Waals surface area (Å²) < 4.78 is 13.8. The fourth-order valence-corrected chi connectivity index (χ4v) is 5.28. The van der Waals surface area contributed by atoms with Gasteiger partial charge in [0.2, 0.25) is 0 Å². The number of ether oxygens (including phenoxy) is 2. The lowest BCUT2D eigenvalue weighted by atomic mass is 9.89. The second-order valence-electron chi connectivity index (χ2n) is 9.25. The minimum Gasteiger partial charge on any atom is -0.491 e. The summed E-state index contributed by atoms with van der Waals surface area (Å²) in [6, 6.07) is 15.6. The van der Waals surface area contributed by atoms with Crippen LogP contribution in [0.25, 0.3) is 10.9 Å². The molecule has 1 aromatic heterocycles. The van der Waals surface area contributed by atoms with Crippen LogP contribution < -0.4 is 4.74 Å². The predicted molar refractivity (Wildman–Crippen MR) is 128 cm³/mol. The molecule has 0 spiro atoms. The van der Waals surface area contributed by atoms with Gasteiger partial charge in [0.25, 0.3) is 0 Å². The third kappa shape index (κ3) is 4.92. The number of carboxylic acid groups (broad SMARTS) is 1. The molecule has 0 amide bonds. The first-order chi connectivity index (χ1) is 16.2. The van der Waals surface area contributed by atoms with Crippen molar-refractivity contribution in [2.75, 3.05) is 39.5 Å². The fourth-order valence-electron chi connectivity index (χ4n) is 5.28. The number of hydrogen-bond acceptors (Lipinski definition) is 4. The van der Waals surface area contributed by atoms with Gasteiger partial charge in [-0.05, 0) is 62.0 Å². The van der Waals surface area contributed by atoms with Gasteiger partial charge in [0.1, 0.15) is 17.9 Å². The van der Waals surface area contributed by atoms with E-state index in [1.807, 2.05) is 6.07 Å². The number of piperidine rings is 1. The highest BCUT2D eigenvalue weighted by Crippen LogP contribution is 2.35. The third-order valence-corrected chi connectivity index (χ3v) is 7.11. The maximum atomic E-state index is 11.4. The Labute approximate surface area is 194 Å². The molecule has 2 aromatic carbocycles. The van der Waals surface area contributed by atoms with Crippen LogP contribution in [0, 0.1) is 5.92 Å². The summed E-state index contributed by atoms with van der Waals surface area (Å²) in [5, 5.41) is 10.7. The topological polar surface area (TPSA) is 63.9 Å². The average Bonchev–Trinajstić information content (AvgIpc) is 3.48. The molecule has 2 aliphatic heterocycles. The first-order valence-electron chi connectivity index (χ1n) is 12.0. The quantitative estimate of drug-likeness (QED) is 0.544. The van der Waals surface area contributed by atoms with Crippen molar-refractivity contribution in [3.63, 3.8) is 0 Å². The van der Waals surface area contributed by atoms with E-state index in [1.165, 1.54) is 16.5 Å². The Morgan fingerprint density at radius 1 is 1.06 bits per heavy atom. The van der Waals surface area contributed by atoms with Crippen LogP contribution in [0.15, 0.2) is 54.7 Å². The van der Waals surface area contributed by atoms with Gasteiger partial charge in [-0.15, -0.1) is 0 Å². The molecule has 6 heteroatoms. The average molecular weight is 449 g/mol. The largest absolute Gasteiger partial charge is 0.491 e. The fraction of sp³-hybridized carbons (Fsp3) is 0.444. The van der Waals surface area contributed by atoms with E-state index in [9.17, 15) is 9.90 Å². The normalized spacial score (nSPS) is 19.8. The van der Waals surface area contributed by atoms with E-state index in [2.05, 4.69) is 39.9 Å². The predicted octanol–water partition coefficient (Wildman–Crippen LogP) is 4.63. The molecule has 1 atom stereocenters. The summed E-state index contributed by atoms with van der Waals surface area (Å²) in [7, 11) is 0. The van der Waals surface area contributed by atoms with Crippen LogP contribution >= 0.6 is 0 Å². The number of nitrogens with zero attached hydrogens (tertiary/aromatic N) is 2. The lowest BCUT2D eigenvalue weighted by molar-refractivity contribution is 0.0691. The van der Waals surface area contributed by atoms with Crippen molar-refractivity contribution in [3.8, 4) is 5.75 Å². The van der Waals surface area contributed by atoms with E-state index in [1.54, 1.807) is 18.2 Å². The summed E-state index contributed by atoms with van der Waals surface area (Å²) in [6.45, 7) is 6.17. The summed E-state index contributed by atoms with van der Waals surface area (Å²) >= 11 is 0. The number of carbonyl (C=O) groups is 1. The van der Waals surface area contributed by atoms with Gasteiger partial charge in [0.05, 0.1) is 6.61 Å². The maximum Gasteiger partial charge on any atom is 0.339 e. The molecular formula is C27H32N2O4. The van der Waals surface area contributed by atoms with Crippen molar-refractivity contribution in [2.24, 2.45) is 5.92 Å². The van der Waals surface area contributed by atoms with Gasteiger partial charge in [-0.3, -0.25) is 4.90 Å². The molecular weight excluding hydrogens is 416 g/mol. The van der Waals surface area contributed by atoms with E-state index in [-0.39, 0.29) is 5.56 Å². The van der Waals surface area contributed by atoms with Gasteiger partial charge in [0, 0.05) is 42.7 Å². The zero-order chi connectivity index (χ0) is 22.6. The SMILES string of the molecule is O=C(O)c1ccccc1OCCN1CCC(c2cn(CC3CCOC3)c3ccccc23)CC1. The van der Waals surface area contributed by atoms with E-state index in [0.29, 0.717) is 24.2 Å².